The molecule has 0 saturated carbocycles. The van der Waals surface area contributed by atoms with Gasteiger partial charge in [-0.15, -0.1) is 0 Å². The highest BCUT2D eigenvalue weighted by molar-refractivity contribution is 6.31. The number of ether oxygens (including phenoxy) is 1. The number of carbonyl (C=O) groups excluding carboxylic acids is 1. The van der Waals surface area contributed by atoms with E-state index in [4.69, 9.17) is 11.6 Å². The molecule has 0 spiro atoms. The van der Waals surface area contributed by atoms with Gasteiger partial charge < -0.3 is 15.0 Å². The normalized spacial score (nSPS) is 21.5. The fraction of sp³-hybridized carbons (Fsp3) is 0.417. The van der Waals surface area contributed by atoms with Crippen LogP contribution in [0.5, 0.6) is 0 Å². The predicted molar refractivity (Wildman–Crippen MR) is 68.0 cm³/mol. The van der Waals surface area contributed by atoms with E-state index in [1.54, 1.807) is 17.0 Å². The van der Waals surface area contributed by atoms with Crippen molar-refractivity contribution < 1.29 is 18.3 Å². The lowest BCUT2D eigenvalue weighted by molar-refractivity contribution is -0.104. The summed E-state index contributed by atoms with van der Waals surface area (Å²) in [6.45, 7) is -0.949. The Kier molecular flexibility index (Phi) is 3.54. The third kappa shape index (κ3) is 2.73. The summed E-state index contributed by atoms with van der Waals surface area (Å²) in [5.74, 6) is -3.20. The molecule has 4 nitrogen and oxygen atoms in total. The molecule has 1 N–H and O–H groups in total. The lowest BCUT2D eigenvalue weighted by Gasteiger charge is -2.32. The van der Waals surface area contributed by atoms with Gasteiger partial charge >= 0.3 is 12.0 Å². The van der Waals surface area contributed by atoms with Gasteiger partial charge in [0.25, 0.3) is 0 Å². The molecular formula is C12H13ClF2N2O2. The molecule has 1 atom stereocenters. The number of rotatable bonds is 2. The highest BCUT2D eigenvalue weighted by Gasteiger charge is 2.47. The van der Waals surface area contributed by atoms with Crippen LogP contribution in [0.3, 0.4) is 0 Å². The van der Waals surface area contributed by atoms with Crippen LogP contribution < -0.4 is 10.2 Å². The third-order valence-electron chi connectivity index (χ3n) is 2.89. The topological polar surface area (TPSA) is 41.6 Å². The second kappa shape index (κ2) is 4.85. The number of anilines is 1. The SMILES string of the molecule is CN(C)c1ccc([C@@H]2NC(=O)OCC2(F)F)c(Cl)c1. The van der Waals surface area contributed by atoms with Crippen LogP contribution in [-0.4, -0.2) is 32.7 Å². The van der Waals surface area contributed by atoms with Gasteiger partial charge in [-0.1, -0.05) is 17.7 Å². The largest absolute Gasteiger partial charge is 0.443 e. The number of hydrogen-bond acceptors (Lipinski definition) is 3. The van der Waals surface area contributed by atoms with Crippen molar-refractivity contribution in [2.24, 2.45) is 0 Å². The zero-order chi connectivity index (χ0) is 14.2. The number of alkyl halides is 2. The standard InChI is InChI=1S/C12H13ClF2N2O2/c1-17(2)7-3-4-8(9(13)5-7)10-12(14,15)6-19-11(18)16-10/h3-5,10H,6H2,1-2H3,(H,16,18)/t10-/m0/s1. The van der Waals surface area contributed by atoms with Crippen molar-refractivity contribution in [2.45, 2.75) is 12.0 Å². The molecule has 19 heavy (non-hydrogen) atoms. The number of carbonyl (C=O) groups is 1. The summed E-state index contributed by atoms with van der Waals surface area (Å²) >= 11 is 6.03. The summed E-state index contributed by atoms with van der Waals surface area (Å²) < 4.78 is 31.8. The molecule has 104 valence electrons. The summed E-state index contributed by atoms with van der Waals surface area (Å²) in [4.78, 5) is 12.9. The highest BCUT2D eigenvalue weighted by atomic mass is 35.5. The van der Waals surface area contributed by atoms with Crippen molar-refractivity contribution in [3.8, 4) is 0 Å². The van der Waals surface area contributed by atoms with Crippen molar-refractivity contribution >= 4 is 23.4 Å². The van der Waals surface area contributed by atoms with Gasteiger partial charge in [0, 0.05) is 24.8 Å². The van der Waals surface area contributed by atoms with E-state index < -0.39 is 24.7 Å². The maximum atomic E-state index is 13.8. The van der Waals surface area contributed by atoms with Crippen molar-refractivity contribution in [3.63, 3.8) is 0 Å². The molecule has 1 aliphatic heterocycles. The highest BCUT2D eigenvalue weighted by Crippen LogP contribution is 2.38. The molecule has 1 amide bonds. The zero-order valence-corrected chi connectivity index (χ0v) is 11.2. The van der Waals surface area contributed by atoms with Gasteiger partial charge in [-0.2, -0.15) is 0 Å². The maximum absolute atomic E-state index is 13.8. The van der Waals surface area contributed by atoms with E-state index in [-0.39, 0.29) is 10.6 Å². The fourth-order valence-electron chi connectivity index (χ4n) is 1.84. The molecular weight excluding hydrogens is 278 g/mol. The monoisotopic (exact) mass is 290 g/mol. The van der Waals surface area contributed by atoms with E-state index in [2.05, 4.69) is 10.1 Å². The van der Waals surface area contributed by atoms with Crippen LogP contribution in [0.4, 0.5) is 19.3 Å². The summed E-state index contributed by atoms with van der Waals surface area (Å²) in [5, 5.41) is 2.28. The molecule has 1 saturated heterocycles. The van der Waals surface area contributed by atoms with Crippen molar-refractivity contribution in [2.75, 3.05) is 25.6 Å². The van der Waals surface area contributed by atoms with Gasteiger partial charge in [-0.25, -0.2) is 13.6 Å². The van der Waals surface area contributed by atoms with Crippen LogP contribution in [0.25, 0.3) is 0 Å². The summed E-state index contributed by atoms with van der Waals surface area (Å²) in [5.41, 5.74) is 0.962. The van der Waals surface area contributed by atoms with Crippen LogP contribution in [0.1, 0.15) is 11.6 Å². The summed E-state index contributed by atoms with van der Waals surface area (Å²) in [6.07, 6.45) is -0.872. The third-order valence-corrected chi connectivity index (χ3v) is 3.22. The molecule has 1 fully saturated rings. The Morgan fingerprint density at radius 1 is 1.47 bits per heavy atom. The number of cyclic esters (lactones) is 1. The number of nitrogens with one attached hydrogen (secondary N) is 1. The first kappa shape index (κ1) is 13.9. The second-order valence-electron chi connectivity index (χ2n) is 4.51. The van der Waals surface area contributed by atoms with Gasteiger partial charge in [0.2, 0.25) is 0 Å². The van der Waals surface area contributed by atoms with Crippen LogP contribution in [-0.2, 0) is 4.74 Å². The first-order valence-corrected chi connectivity index (χ1v) is 5.97. The van der Waals surface area contributed by atoms with Crippen LogP contribution >= 0.6 is 11.6 Å². The first-order valence-electron chi connectivity index (χ1n) is 5.59. The molecule has 1 heterocycles. The Balaban J connectivity index is 2.37. The maximum Gasteiger partial charge on any atom is 0.408 e. The number of hydrogen-bond donors (Lipinski definition) is 1. The Morgan fingerprint density at radius 2 is 2.16 bits per heavy atom. The second-order valence-corrected chi connectivity index (χ2v) is 4.92. The number of benzene rings is 1. The fourth-order valence-corrected chi connectivity index (χ4v) is 2.13. The molecule has 0 aromatic heterocycles. The van der Waals surface area contributed by atoms with Gasteiger partial charge in [-0.3, -0.25) is 0 Å². The molecule has 0 bridgehead atoms. The summed E-state index contributed by atoms with van der Waals surface area (Å²) in [6, 6.07) is 3.26. The van der Waals surface area contributed by atoms with Gasteiger partial charge in [0.05, 0.1) is 0 Å². The van der Waals surface area contributed by atoms with Crippen LogP contribution in [0.15, 0.2) is 18.2 Å². The number of nitrogens with zero attached hydrogens (tertiary/aromatic N) is 1. The molecule has 2 rings (SSSR count). The molecule has 1 aromatic carbocycles. The Morgan fingerprint density at radius 3 is 2.74 bits per heavy atom. The minimum Gasteiger partial charge on any atom is -0.443 e. The minimum absolute atomic E-state index is 0.175. The van der Waals surface area contributed by atoms with E-state index in [0.717, 1.165) is 5.69 Å². The van der Waals surface area contributed by atoms with Gasteiger partial charge in [0.1, 0.15) is 6.04 Å². The molecule has 7 heteroatoms. The van der Waals surface area contributed by atoms with Crippen LogP contribution in [0.2, 0.25) is 5.02 Å². The average Bonchev–Trinajstić information content (AvgIpc) is 2.32. The number of halogens is 3. The Labute approximate surface area is 114 Å². The van der Waals surface area contributed by atoms with Crippen molar-refractivity contribution in [1.82, 2.24) is 5.32 Å². The molecule has 0 unspecified atom stereocenters. The molecule has 0 aliphatic carbocycles. The van der Waals surface area contributed by atoms with Crippen LogP contribution in [0, 0.1) is 0 Å². The lowest BCUT2D eigenvalue weighted by Crippen LogP contribution is -2.49. The quantitative estimate of drug-likeness (QED) is 0.911. The van der Waals surface area contributed by atoms with Gasteiger partial charge in [-0.05, 0) is 17.7 Å². The average molecular weight is 291 g/mol. The van der Waals surface area contributed by atoms with E-state index in [9.17, 15) is 13.6 Å². The lowest BCUT2D eigenvalue weighted by atomic mass is 9.99. The minimum atomic E-state index is -3.20. The van der Waals surface area contributed by atoms with E-state index in [1.165, 1.54) is 6.07 Å². The van der Waals surface area contributed by atoms with E-state index in [0.29, 0.717) is 0 Å². The van der Waals surface area contributed by atoms with Crippen molar-refractivity contribution in [1.29, 1.82) is 0 Å². The molecule has 1 aromatic rings. The number of amides is 1. The Bertz CT molecular complexity index is 509. The zero-order valence-electron chi connectivity index (χ0n) is 10.4. The number of alkyl carbamates (subject to hydrolysis) is 1. The Hall–Kier alpha value is -1.56. The summed E-state index contributed by atoms with van der Waals surface area (Å²) in [7, 11) is 3.63. The smallest absolute Gasteiger partial charge is 0.408 e. The molecule has 1 aliphatic rings. The molecule has 0 radical (unpaired) electrons. The van der Waals surface area contributed by atoms with Crippen molar-refractivity contribution in [3.05, 3.63) is 28.8 Å². The first-order chi connectivity index (χ1) is 8.81. The van der Waals surface area contributed by atoms with E-state index >= 15 is 0 Å². The van der Waals surface area contributed by atoms with E-state index in [1.807, 2.05) is 14.1 Å². The predicted octanol–water partition coefficient (Wildman–Crippen LogP) is 2.82. The van der Waals surface area contributed by atoms with Gasteiger partial charge in [0.15, 0.2) is 6.61 Å².